The number of likely N-dealkylation sites (tertiary alicyclic amines) is 1. The van der Waals surface area contributed by atoms with Crippen LogP contribution in [-0.2, 0) is 28.7 Å². The number of hydrogen-bond acceptors (Lipinski definition) is 7. The Morgan fingerprint density at radius 2 is 1.89 bits per heavy atom. The molecule has 2 bridgehead atoms. The summed E-state index contributed by atoms with van der Waals surface area (Å²) in [6.45, 7) is 13.8. The van der Waals surface area contributed by atoms with E-state index >= 15 is 0 Å². The van der Waals surface area contributed by atoms with E-state index in [0.717, 1.165) is 0 Å². The van der Waals surface area contributed by atoms with Crippen LogP contribution in [0.1, 0.15) is 71.0 Å². The number of carbonyl (C=O) groups is 4. The van der Waals surface area contributed by atoms with Crippen molar-refractivity contribution in [3.8, 4) is 0 Å². The molecule has 0 radical (unpaired) electrons. The summed E-state index contributed by atoms with van der Waals surface area (Å²) in [7, 11) is 0. The van der Waals surface area contributed by atoms with Gasteiger partial charge in [0.1, 0.15) is 17.7 Å². The molecule has 10 nitrogen and oxygen atoms in total. The summed E-state index contributed by atoms with van der Waals surface area (Å²) in [6.07, 6.45) is 4.87. The second-order valence-electron chi connectivity index (χ2n) is 12.8. The van der Waals surface area contributed by atoms with Gasteiger partial charge in [-0.1, -0.05) is 58.4 Å². The van der Waals surface area contributed by atoms with Crippen molar-refractivity contribution < 1.29 is 33.8 Å². The molecule has 3 aliphatic heterocycles. The van der Waals surface area contributed by atoms with E-state index in [0.29, 0.717) is 50.8 Å². The number of unbranched alkanes of at least 4 members (excludes halogenated alkanes) is 2. The number of alkyl halides is 1. The highest BCUT2D eigenvalue weighted by Crippen LogP contribution is 2.60. The molecule has 3 amide bonds. The maximum atomic E-state index is 14.4. The van der Waals surface area contributed by atoms with Crippen molar-refractivity contribution in [2.75, 3.05) is 19.7 Å². The van der Waals surface area contributed by atoms with E-state index in [4.69, 9.17) is 9.47 Å². The zero-order valence-corrected chi connectivity index (χ0v) is 28.7. The number of nitrogens with one attached hydrogen (secondary N) is 1. The molecular weight excluding hydrogens is 654 g/mol. The van der Waals surface area contributed by atoms with Gasteiger partial charge in [-0.15, -0.1) is 13.2 Å². The van der Waals surface area contributed by atoms with E-state index in [1.54, 1.807) is 28.9 Å². The first-order chi connectivity index (χ1) is 22.0. The number of rotatable bonds is 17. The fraction of sp³-hybridized carbons (Fsp3) is 0.600. The molecule has 3 aliphatic rings. The van der Waals surface area contributed by atoms with Gasteiger partial charge in [-0.25, -0.2) is 0 Å². The predicted molar refractivity (Wildman–Crippen MR) is 178 cm³/mol. The highest BCUT2D eigenvalue weighted by molar-refractivity contribution is 9.09. The molecule has 0 aliphatic carbocycles. The van der Waals surface area contributed by atoms with E-state index < -0.39 is 47.7 Å². The van der Waals surface area contributed by atoms with Gasteiger partial charge in [0.2, 0.25) is 17.7 Å². The number of aliphatic hydroxyl groups excluding tert-OH is 1. The summed E-state index contributed by atoms with van der Waals surface area (Å²) in [5, 5.41) is 12.3. The van der Waals surface area contributed by atoms with Gasteiger partial charge in [-0.3, -0.25) is 19.2 Å². The number of esters is 1. The molecule has 1 unspecified atom stereocenters. The Kier molecular flexibility index (Phi) is 12.2. The standard InChI is InChI=1S/C35H48BrN3O7/c1-6-8-17-26(41)37-23(5)29(24-15-11-9-12-16-24)45-34(44)27-28-32(42)39(19-13-10-14-20-40)31(33(43)38(18-7-2)22(3)4)35(28)21-25(36)30(27)46-35/h6-7,9,11-12,15-16,22-23,25,27-31,40H,1-2,8,10,13-14,17-21H2,3-5H3,(H,37,41)/t23-,25?,27+,28-,29-,30+,31+,35-/m1/s1. The van der Waals surface area contributed by atoms with Gasteiger partial charge < -0.3 is 29.7 Å². The molecule has 3 heterocycles. The molecule has 46 heavy (non-hydrogen) atoms. The zero-order chi connectivity index (χ0) is 33.6. The number of hydrogen-bond donors (Lipinski definition) is 2. The average Bonchev–Trinajstić information content (AvgIpc) is 3.62. The van der Waals surface area contributed by atoms with Crippen LogP contribution < -0.4 is 5.32 Å². The highest BCUT2D eigenvalue weighted by atomic mass is 79.9. The summed E-state index contributed by atoms with van der Waals surface area (Å²) >= 11 is 3.72. The smallest absolute Gasteiger partial charge is 0.313 e. The molecule has 1 spiro atoms. The molecule has 8 atom stereocenters. The Morgan fingerprint density at radius 3 is 2.52 bits per heavy atom. The van der Waals surface area contributed by atoms with Crippen LogP contribution in [0.15, 0.2) is 55.6 Å². The Balaban J connectivity index is 1.68. The van der Waals surface area contributed by atoms with Crippen molar-refractivity contribution >= 4 is 39.6 Å². The molecule has 252 valence electrons. The first-order valence-corrected chi connectivity index (χ1v) is 17.2. The monoisotopic (exact) mass is 701 g/mol. The molecule has 1 aromatic rings. The lowest BCUT2D eigenvalue weighted by Crippen LogP contribution is -2.58. The number of halogens is 1. The molecule has 0 saturated carbocycles. The number of nitrogens with zero attached hydrogens (tertiary/aromatic N) is 2. The second-order valence-corrected chi connectivity index (χ2v) is 14.0. The lowest BCUT2D eigenvalue weighted by atomic mass is 9.70. The number of fused-ring (bicyclic) bond motifs is 1. The lowest BCUT2D eigenvalue weighted by molar-refractivity contribution is -0.162. The fourth-order valence-electron chi connectivity index (χ4n) is 7.28. The SMILES string of the molecule is C=CCCC(=O)N[C@H](C)[C@@H](OC(=O)[C@@H]1[C@H]2O[C@@]3(CC2Br)[C@H](C(=O)N(CC=C)C(C)C)N(CCCCCO)C(=O)[C@@H]13)c1ccccc1. The van der Waals surface area contributed by atoms with Gasteiger partial charge in [-0.05, 0) is 58.4 Å². The number of amides is 3. The maximum Gasteiger partial charge on any atom is 0.313 e. The van der Waals surface area contributed by atoms with Crippen molar-refractivity contribution in [1.82, 2.24) is 15.1 Å². The molecule has 1 aromatic carbocycles. The van der Waals surface area contributed by atoms with E-state index in [-0.39, 0.29) is 41.6 Å². The lowest BCUT2D eigenvalue weighted by Gasteiger charge is -2.38. The first-order valence-electron chi connectivity index (χ1n) is 16.3. The Bertz CT molecular complexity index is 1280. The normalized spacial score (nSPS) is 27.7. The van der Waals surface area contributed by atoms with Crippen molar-refractivity contribution in [3.63, 3.8) is 0 Å². The van der Waals surface area contributed by atoms with Crippen molar-refractivity contribution in [2.24, 2.45) is 11.8 Å². The maximum absolute atomic E-state index is 14.4. The molecule has 11 heteroatoms. The minimum Gasteiger partial charge on any atom is -0.455 e. The predicted octanol–water partition coefficient (Wildman–Crippen LogP) is 4.08. The molecule has 0 aromatic heterocycles. The highest BCUT2D eigenvalue weighted by Gasteiger charge is 2.77. The first kappa shape index (κ1) is 35.8. The largest absolute Gasteiger partial charge is 0.455 e. The van der Waals surface area contributed by atoms with Crippen LogP contribution in [0, 0.1) is 11.8 Å². The number of ether oxygens (including phenoxy) is 2. The van der Waals surface area contributed by atoms with Gasteiger partial charge >= 0.3 is 5.97 Å². The quantitative estimate of drug-likeness (QED) is 0.109. The van der Waals surface area contributed by atoms with Gasteiger partial charge in [0.05, 0.1) is 24.0 Å². The third kappa shape index (κ3) is 7.11. The van der Waals surface area contributed by atoms with E-state index in [2.05, 4.69) is 34.4 Å². The summed E-state index contributed by atoms with van der Waals surface area (Å²) < 4.78 is 12.9. The second kappa shape index (κ2) is 15.7. The average molecular weight is 703 g/mol. The minimum atomic E-state index is -1.21. The summed E-state index contributed by atoms with van der Waals surface area (Å²) in [6, 6.07) is 7.56. The zero-order valence-electron chi connectivity index (χ0n) is 27.1. The molecule has 3 saturated heterocycles. The third-order valence-corrected chi connectivity index (χ3v) is 10.2. The van der Waals surface area contributed by atoms with Gasteiger partial charge in [0.25, 0.3) is 0 Å². The van der Waals surface area contributed by atoms with Crippen molar-refractivity contribution in [3.05, 3.63) is 61.2 Å². The Labute approximate surface area is 280 Å². The minimum absolute atomic E-state index is 0.0447. The molecule has 2 N–H and O–H groups in total. The van der Waals surface area contributed by atoms with Crippen LogP contribution in [0.2, 0.25) is 0 Å². The number of allylic oxidation sites excluding steroid dienone is 1. The van der Waals surface area contributed by atoms with Crippen LogP contribution in [0.4, 0.5) is 0 Å². The fourth-order valence-corrected chi connectivity index (χ4v) is 8.22. The molecule has 3 fully saturated rings. The van der Waals surface area contributed by atoms with Crippen molar-refractivity contribution in [1.29, 1.82) is 0 Å². The number of aliphatic hydroxyl groups is 1. The van der Waals surface area contributed by atoms with Crippen LogP contribution in [0.25, 0.3) is 0 Å². The summed E-state index contributed by atoms with van der Waals surface area (Å²) in [5.41, 5.74) is -0.510. The summed E-state index contributed by atoms with van der Waals surface area (Å²) in [4.78, 5) is 58.6. The topological polar surface area (TPSA) is 125 Å². The number of benzene rings is 1. The molecule has 4 rings (SSSR count). The number of carbonyl (C=O) groups excluding carboxylic acids is 4. The Hall–Kier alpha value is -3.02. The van der Waals surface area contributed by atoms with E-state index in [1.165, 1.54) is 0 Å². The van der Waals surface area contributed by atoms with Crippen molar-refractivity contribution in [2.45, 2.75) is 100 Å². The van der Waals surface area contributed by atoms with Crippen LogP contribution in [0.5, 0.6) is 0 Å². The van der Waals surface area contributed by atoms with E-state index in [1.807, 2.05) is 44.2 Å². The van der Waals surface area contributed by atoms with Crippen LogP contribution in [0.3, 0.4) is 0 Å². The van der Waals surface area contributed by atoms with Gasteiger partial charge in [-0.2, -0.15) is 0 Å². The third-order valence-electron chi connectivity index (χ3n) is 9.37. The summed E-state index contributed by atoms with van der Waals surface area (Å²) in [5.74, 6) is -3.18. The van der Waals surface area contributed by atoms with Gasteiger partial charge in [0.15, 0.2) is 0 Å². The van der Waals surface area contributed by atoms with E-state index in [9.17, 15) is 24.3 Å². The van der Waals surface area contributed by atoms with Crippen LogP contribution in [-0.4, -0.2) is 93.0 Å². The molecular formula is C35H48BrN3O7. The van der Waals surface area contributed by atoms with Gasteiger partial charge in [0, 0.05) is 37.0 Å². The van der Waals surface area contributed by atoms with Crippen LogP contribution >= 0.6 is 15.9 Å². The Morgan fingerprint density at radius 1 is 1.17 bits per heavy atom.